The lowest BCUT2D eigenvalue weighted by Gasteiger charge is -2.33. The maximum atomic E-state index is 12.2. The first-order chi connectivity index (χ1) is 13.4. The van der Waals surface area contributed by atoms with Gasteiger partial charge in [-0.25, -0.2) is 4.79 Å². The van der Waals surface area contributed by atoms with Gasteiger partial charge in [-0.2, -0.15) is 0 Å². The predicted octanol–water partition coefficient (Wildman–Crippen LogP) is 5.85. The summed E-state index contributed by atoms with van der Waals surface area (Å²) in [5.41, 5.74) is 1.82. The Morgan fingerprint density at radius 2 is 1.79 bits per heavy atom. The van der Waals surface area contributed by atoms with Gasteiger partial charge in [-0.3, -0.25) is 0 Å². The summed E-state index contributed by atoms with van der Waals surface area (Å²) in [5, 5.41) is 0.506. The fraction of sp³-hybridized carbons (Fsp3) is 0.435. The van der Waals surface area contributed by atoms with Crippen LogP contribution >= 0.6 is 11.8 Å². The summed E-state index contributed by atoms with van der Waals surface area (Å²) in [4.78, 5) is 15.3. The van der Waals surface area contributed by atoms with E-state index in [9.17, 15) is 4.79 Å². The van der Waals surface area contributed by atoms with Crippen LogP contribution in [-0.4, -0.2) is 42.0 Å². The second-order valence-corrected chi connectivity index (χ2v) is 9.39. The van der Waals surface area contributed by atoms with E-state index in [0.717, 1.165) is 42.8 Å². The number of nitrogens with zero attached hydrogens (tertiary/aromatic N) is 1. The molecule has 0 N–H and O–H groups in total. The number of benzene rings is 2. The molecule has 1 heterocycles. The zero-order chi connectivity index (χ0) is 20.1. The molecule has 0 aromatic heterocycles. The van der Waals surface area contributed by atoms with E-state index in [1.165, 1.54) is 4.90 Å². The Morgan fingerprint density at radius 3 is 2.46 bits per heavy atom. The van der Waals surface area contributed by atoms with Crippen molar-refractivity contribution in [1.29, 1.82) is 0 Å². The summed E-state index contributed by atoms with van der Waals surface area (Å²) in [5.74, 6) is 0.885. The van der Waals surface area contributed by atoms with Gasteiger partial charge in [0.25, 0.3) is 0 Å². The van der Waals surface area contributed by atoms with Crippen molar-refractivity contribution >= 4 is 17.9 Å². The average molecular weight is 400 g/mol. The van der Waals surface area contributed by atoms with E-state index in [0.29, 0.717) is 5.25 Å². The molecule has 0 spiro atoms. The summed E-state index contributed by atoms with van der Waals surface area (Å²) >= 11 is 1.89. The molecular weight excluding hydrogens is 370 g/mol. The number of hydrogen-bond donors (Lipinski definition) is 0. The fourth-order valence-electron chi connectivity index (χ4n) is 3.30. The minimum atomic E-state index is -0.443. The van der Waals surface area contributed by atoms with Crippen LogP contribution in [0.25, 0.3) is 11.1 Å². The molecular formula is C23H29NO3S. The Labute approximate surface area is 172 Å². The van der Waals surface area contributed by atoms with Gasteiger partial charge in [0.05, 0.1) is 7.11 Å². The first kappa shape index (κ1) is 20.6. The van der Waals surface area contributed by atoms with E-state index in [2.05, 4.69) is 30.3 Å². The zero-order valence-electron chi connectivity index (χ0n) is 17.1. The van der Waals surface area contributed by atoms with Crippen molar-refractivity contribution in [2.75, 3.05) is 20.2 Å². The number of carbonyl (C=O) groups excluding carboxylic acids is 1. The van der Waals surface area contributed by atoms with Crippen LogP contribution in [0.4, 0.5) is 4.79 Å². The first-order valence-corrected chi connectivity index (χ1v) is 10.6. The molecule has 1 aliphatic rings. The smallest absolute Gasteiger partial charge is 0.410 e. The number of piperidine rings is 1. The second-order valence-electron chi connectivity index (χ2n) is 8.01. The number of para-hydroxylation sites is 1. The van der Waals surface area contributed by atoms with Crippen molar-refractivity contribution < 1.29 is 14.3 Å². The van der Waals surface area contributed by atoms with E-state index in [1.54, 1.807) is 7.11 Å². The van der Waals surface area contributed by atoms with Gasteiger partial charge in [0.2, 0.25) is 0 Å². The van der Waals surface area contributed by atoms with Crippen molar-refractivity contribution in [3.05, 3.63) is 48.5 Å². The molecule has 1 saturated heterocycles. The van der Waals surface area contributed by atoms with Crippen molar-refractivity contribution in [2.24, 2.45) is 0 Å². The van der Waals surface area contributed by atoms with Crippen molar-refractivity contribution in [2.45, 2.75) is 49.4 Å². The highest BCUT2D eigenvalue weighted by molar-refractivity contribution is 8.00. The van der Waals surface area contributed by atoms with E-state index in [-0.39, 0.29) is 6.09 Å². The molecule has 0 radical (unpaired) electrons. The van der Waals surface area contributed by atoms with Crippen molar-refractivity contribution in [1.82, 2.24) is 4.90 Å². The van der Waals surface area contributed by atoms with Gasteiger partial charge in [-0.1, -0.05) is 30.3 Å². The minimum Gasteiger partial charge on any atom is -0.496 e. The van der Waals surface area contributed by atoms with Crippen LogP contribution in [-0.2, 0) is 4.74 Å². The standard InChI is InChI=1S/C23H29NO3S/c1-23(2,3)27-22(25)24-14-12-18(13-15-24)28-19-9-7-8-17(16-19)20-10-5-6-11-21(20)26-4/h5-11,16,18H,12-15H2,1-4H3. The fourth-order valence-corrected chi connectivity index (χ4v) is 4.48. The molecule has 1 aliphatic heterocycles. The number of methoxy groups -OCH3 is 1. The molecule has 5 heteroatoms. The van der Waals surface area contributed by atoms with E-state index in [4.69, 9.17) is 9.47 Å². The molecule has 28 heavy (non-hydrogen) atoms. The van der Waals surface area contributed by atoms with Crippen LogP contribution < -0.4 is 4.74 Å². The molecule has 2 aromatic rings. The normalized spacial score (nSPS) is 15.4. The third kappa shape index (κ3) is 5.44. The van der Waals surface area contributed by atoms with Crippen molar-refractivity contribution in [3.8, 4) is 16.9 Å². The molecule has 4 nitrogen and oxygen atoms in total. The molecule has 1 amide bonds. The van der Waals surface area contributed by atoms with Crippen LogP contribution in [0.5, 0.6) is 5.75 Å². The number of ether oxygens (including phenoxy) is 2. The third-order valence-electron chi connectivity index (χ3n) is 4.65. The van der Waals surface area contributed by atoms with Gasteiger partial charge in [0.1, 0.15) is 11.4 Å². The topological polar surface area (TPSA) is 38.8 Å². The van der Waals surface area contributed by atoms with E-state index >= 15 is 0 Å². The molecule has 1 fully saturated rings. The molecule has 0 aliphatic carbocycles. The minimum absolute atomic E-state index is 0.200. The highest BCUT2D eigenvalue weighted by atomic mass is 32.2. The van der Waals surface area contributed by atoms with Gasteiger partial charge < -0.3 is 14.4 Å². The Hall–Kier alpha value is -2.14. The molecule has 0 bridgehead atoms. The predicted molar refractivity (Wildman–Crippen MR) is 115 cm³/mol. The highest BCUT2D eigenvalue weighted by Crippen LogP contribution is 2.35. The Morgan fingerprint density at radius 1 is 1.07 bits per heavy atom. The maximum Gasteiger partial charge on any atom is 0.410 e. The number of rotatable bonds is 4. The molecule has 0 atom stereocenters. The molecule has 2 aromatic carbocycles. The van der Waals surface area contributed by atoms with Crippen LogP contribution in [0, 0.1) is 0 Å². The maximum absolute atomic E-state index is 12.2. The summed E-state index contributed by atoms with van der Waals surface area (Å²) in [7, 11) is 1.70. The van der Waals surface area contributed by atoms with E-state index < -0.39 is 5.60 Å². The molecule has 0 saturated carbocycles. The third-order valence-corrected chi connectivity index (χ3v) is 5.98. The summed E-state index contributed by atoms with van der Waals surface area (Å²) in [6, 6.07) is 16.7. The van der Waals surface area contributed by atoms with Crippen molar-refractivity contribution in [3.63, 3.8) is 0 Å². The van der Waals surface area contributed by atoms with Crippen LogP contribution in [0.2, 0.25) is 0 Å². The summed E-state index contributed by atoms with van der Waals surface area (Å²) < 4.78 is 11.0. The van der Waals surface area contributed by atoms with Gasteiger partial charge >= 0.3 is 6.09 Å². The molecule has 0 unspecified atom stereocenters. The van der Waals surface area contributed by atoms with Gasteiger partial charge in [-0.15, -0.1) is 11.8 Å². The first-order valence-electron chi connectivity index (χ1n) is 9.74. The second kappa shape index (κ2) is 8.91. The number of likely N-dealkylation sites (tertiary alicyclic amines) is 1. The SMILES string of the molecule is COc1ccccc1-c1cccc(SC2CCN(C(=O)OC(C)(C)C)CC2)c1. The molecule has 150 valence electrons. The summed E-state index contributed by atoms with van der Waals surface area (Å²) in [6.45, 7) is 7.21. The summed E-state index contributed by atoms with van der Waals surface area (Å²) in [6.07, 6.45) is 1.75. The van der Waals surface area contributed by atoms with Crippen LogP contribution in [0.15, 0.2) is 53.4 Å². The lowest BCUT2D eigenvalue weighted by molar-refractivity contribution is 0.0219. The highest BCUT2D eigenvalue weighted by Gasteiger charge is 2.27. The largest absolute Gasteiger partial charge is 0.496 e. The van der Waals surface area contributed by atoms with Gasteiger partial charge in [0.15, 0.2) is 0 Å². The Kier molecular flexibility index (Phi) is 6.55. The van der Waals surface area contributed by atoms with Gasteiger partial charge in [-0.05, 0) is 57.4 Å². The molecule has 3 rings (SSSR count). The Balaban J connectivity index is 1.61. The zero-order valence-corrected chi connectivity index (χ0v) is 17.9. The van der Waals surface area contributed by atoms with Crippen LogP contribution in [0.1, 0.15) is 33.6 Å². The monoisotopic (exact) mass is 399 g/mol. The quantitative estimate of drug-likeness (QED) is 0.646. The van der Waals surface area contributed by atoms with E-state index in [1.807, 2.05) is 55.6 Å². The number of carbonyl (C=O) groups is 1. The number of hydrogen-bond acceptors (Lipinski definition) is 4. The van der Waals surface area contributed by atoms with Gasteiger partial charge in [0, 0.05) is 28.8 Å². The average Bonchev–Trinajstić information content (AvgIpc) is 2.67. The lowest BCUT2D eigenvalue weighted by Crippen LogP contribution is -2.42. The lowest BCUT2D eigenvalue weighted by atomic mass is 10.1. The number of thioether (sulfide) groups is 1. The number of amides is 1. The van der Waals surface area contributed by atoms with Crippen LogP contribution in [0.3, 0.4) is 0 Å². The Bertz CT molecular complexity index is 807.